The molecule has 0 radical (unpaired) electrons. The highest BCUT2D eigenvalue weighted by atomic mass is 79.9. The third kappa shape index (κ3) is 4.32. The number of hydrogen-bond acceptors (Lipinski definition) is 3. The number of imidazole rings is 1. The number of nitrogens with zero attached hydrogens (tertiary/aromatic N) is 2. The first-order valence-electron chi connectivity index (χ1n) is 7.42. The van der Waals surface area contributed by atoms with Crippen molar-refractivity contribution in [2.45, 2.75) is 38.4 Å². The number of hydrogen-bond donors (Lipinski definition) is 1. The third-order valence-corrected chi connectivity index (χ3v) is 4.20. The Balaban J connectivity index is 1.52. The average Bonchev–Trinajstić information content (AvgIpc) is 3.17. The normalized spacial score (nSPS) is 14.3. The van der Waals surface area contributed by atoms with Crippen molar-refractivity contribution in [3.05, 3.63) is 47.0 Å². The van der Waals surface area contributed by atoms with Crippen molar-refractivity contribution >= 4 is 15.9 Å². The van der Waals surface area contributed by atoms with Gasteiger partial charge in [-0.3, -0.25) is 0 Å². The quantitative estimate of drug-likeness (QED) is 0.742. The van der Waals surface area contributed by atoms with Crippen LogP contribution in [0, 0.1) is 0 Å². The summed E-state index contributed by atoms with van der Waals surface area (Å²) in [5, 5.41) is 3.54. The van der Waals surface area contributed by atoms with Gasteiger partial charge in [0.2, 0.25) is 0 Å². The molecule has 0 atom stereocenters. The fourth-order valence-corrected chi connectivity index (χ4v) is 2.76. The molecule has 0 spiro atoms. The number of aryl methyl sites for hydroxylation is 1. The van der Waals surface area contributed by atoms with E-state index in [0.29, 0.717) is 12.6 Å². The van der Waals surface area contributed by atoms with Crippen molar-refractivity contribution < 1.29 is 4.74 Å². The molecule has 1 aliphatic rings. The summed E-state index contributed by atoms with van der Waals surface area (Å²) in [5.74, 6) is 0.969. The molecule has 1 aromatic heterocycles. The molecule has 1 saturated carbocycles. The van der Waals surface area contributed by atoms with Gasteiger partial charge in [-0.1, -0.05) is 12.1 Å². The van der Waals surface area contributed by atoms with E-state index in [4.69, 9.17) is 4.74 Å². The van der Waals surface area contributed by atoms with E-state index in [0.717, 1.165) is 29.7 Å². The minimum absolute atomic E-state index is 0.706. The van der Waals surface area contributed by atoms with E-state index in [1.807, 2.05) is 18.6 Å². The Labute approximate surface area is 133 Å². The van der Waals surface area contributed by atoms with E-state index < -0.39 is 0 Å². The second kappa shape index (κ2) is 7.09. The van der Waals surface area contributed by atoms with Crippen molar-refractivity contribution in [1.82, 2.24) is 14.9 Å². The average molecular weight is 350 g/mol. The fourth-order valence-electron chi connectivity index (χ4n) is 2.24. The van der Waals surface area contributed by atoms with Crippen LogP contribution in [0.25, 0.3) is 0 Å². The summed E-state index contributed by atoms with van der Waals surface area (Å²) in [6.45, 7) is 2.51. The number of benzene rings is 1. The molecule has 2 aromatic rings. The van der Waals surface area contributed by atoms with Crippen LogP contribution in [-0.2, 0) is 13.1 Å². The number of aromatic nitrogens is 2. The van der Waals surface area contributed by atoms with Gasteiger partial charge >= 0.3 is 0 Å². The largest absolute Gasteiger partial charge is 0.492 e. The Hall–Kier alpha value is -1.33. The number of nitrogens with one attached hydrogen (secondary N) is 1. The first kappa shape index (κ1) is 14.6. The topological polar surface area (TPSA) is 39.1 Å². The van der Waals surface area contributed by atoms with E-state index >= 15 is 0 Å². The Bertz CT molecular complexity index is 567. The van der Waals surface area contributed by atoms with E-state index in [1.54, 1.807) is 6.20 Å². The lowest BCUT2D eigenvalue weighted by atomic mass is 10.2. The Kier molecular flexibility index (Phi) is 4.93. The molecule has 1 fully saturated rings. The molecule has 1 aliphatic carbocycles. The number of rotatable bonds is 8. The molecule has 0 saturated heterocycles. The second-order valence-electron chi connectivity index (χ2n) is 5.39. The zero-order valence-corrected chi connectivity index (χ0v) is 13.6. The van der Waals surface area contributed by atoms with Crippen molar-refractivity contribution in [2.75, 3.05) is 6.61 Å². The SMILES string of the molecule is Brc1cccc(CNC2CC2)c1OCCCn1ccnc1. The number of ether oxygens (including phenoxy) is 1. The molecule has 0 bridgehead atoms. The van der Waals surface area contributed by atoms with Crippen LogP contribution in [0.4, 0.5) is 0 Å². The summed E-state index contributed by atoms with van der Waals surface area (Å²) in [6, 6.07) is 6.93. The van der Waals surface area contributed by atoms with Gasteiger partial charge in [0.25, 0.3) is 0 Å². The van der Waals surface area contributed by atoms with E-state index in [2.05, 4.69) is 42.9 Å². The van der Waals surface area contributed by atoms with Crippen LogP contribution in [-0.4, -0.2) is 22.2 Å². The fraction of sp³-hybridized carbons (Fsp3) is 0.438. The van der Waals surface area contributed by atoms with Crippen LogP contribution in [0.5, 0.6) is 5.75 Å². The third-order valence-electron chi connectivity index (χ3n) is 3.57. The zero-order chi connectivity index (χ0) is 14.5. The molecule has 1 aromatic carbocycles. The molecule has 1 heterocycles. The van der Waals surface area contributed by atoms with Gasteiger partial charge in [-0.2, -0.15) is 0 Å². The second-order valence-corrected chi connectivity index (χ2v) is 6.24. The maximum Gasteiger partial charge on any atom is 0.137 e. The molecule has 4 nitrogen and oxygen atoms in total. The standard InChI is InChI=1S/C16H20BrN3O/c17-15-4-1-3-13(11-19-14-5-6-14)16(15)21-10-2-8-20-9-7-18-12-20/h1,3-4,7,9,12,14,19H,2,5-6,8,10-11H2. The van der Waals surface area contributed by atoms with Gasteiger partial charge < -0.3 is 14.6 Å². The molecule has 1 N–H and O–H groups in total. The van der Waals surface area contributed by atoms with E-state index in [-0.39, 0.29) is 0 Å². The van der Waals surface area contributed by atoms with Crippen LogP contribution in [0.15, 0.2) is 41.4 Å². The highest BCUT2D eigenvalue weighted by Gasteiger charge is 2.20. The zero-order valence-electron chi connectivity index (χ0n) is 12.0. The first-order chi connectivity index (χ1) is 10.3. The predicted molar refractivity (Wildman–Crippen MR) is 86.3 cm³/mol. The highest BCUT2D eigenvalue weighted by Crippen LogP contribution is 2.30. The smallest absolute Gasteiger partial charge is 0.137 e. The molecule has 21 heavy (non-hydrogen) atoms. The van der Waals surface area contributed by atoms with Crippen molar-refractivity contribution in [1.29, 1.82) is 0 Å². The Morgan fingerprint density at radius 3 is 3.05 bits per heavy atom. The van der Waals surface area contributed by atoms with Gasteiger partial charge in [-0.15, -0.1) is 0 Å². The lowest BCUT2D eigenvalue weighted by molar-refractivity contribution is 0.296. The van der Waals surface area contributed by atoms with Crippen LogP contribution >= 0.6 is 15.9 Å². The van der Waals surface area contributed by atoms with Crippen molar-refractivity contribution in [3.63, 3.8) is 0 Å². The molecule has 112 valence electrons. The first-order valence-corrected chi connectivity index (χ1v) is 8.21. The maximum absolute atomic E-state index is 6.00. The minimum atomic E-state index is 0.706. The molecule has 3 rings (SSSR count). The van der Waals surface area contributed by atoms with Crippen molar-refractivity contribution in [2.24, 2.45) is 0 Å². The van der Waals surface area contributed by atoms with Crippen LogP contribution in [0.1, 0.15) is 24.8 Å². The molecule has 0 aliphatic heterocycles. The lowest BCUT2D eigenvalue weighted by Gasteiger charge is -2.14. The van der Waals surface area contributed by atoms with E-state index in [9.17, 15) is 0 Å². The van der Waals surface area contributed by atoms with Gasteiger partial charge in [-0.25, -0.2) is 4.98 Å². The number of para-hydroxylation sites is 1. The molecular formula is C16H20BrN3O. The van der Waals surface area contributed by atoms with Crippen molar-refractivity contribution in [3.8, 4) is 5.75 Å². The lowest BCUT2D eigenvalue weighted by Crippen LogP contribution is -2.16. The molecule has 5 heteroatoms. The molecule has 0 unspecified atom stereocenters. The maximum atomic E-state index is 6.00. The van der Waals surface area contributed by atoms with E-state index in [1.165, 1.54) is 18.4 Å². The Morgan fingerprint density at radius 2 is 2.29 bits per heavy atom. The number of halogens is 1. The minimum Gasteiger partial charge on any atom is -0.492 e. The predicted octanol–water partition coefficient (Wildman–Crippen LogP) is 3.37. The Morgan fingerprint density at radius 1 is 1.38 bits per heavy atom. The summed E-state index contributed by atoms with van der Waals surface area (Å²) in [7, 11) is 0. The van der Waals surface area contributed by atoms with Gasteiger partial charge in [0.1, 0.15) is 5.75 Å². The molecular weight excluding hydrogens is 330 g/mol. The summed E-state index contributed by atoms with van der Waals surface area (Å²) in [5.41, 5.74) is 1.22. The van der Waals surface area contributed by atoms with Gasteiger partial charge in [0.05, 0.1) is 17.4 Å². The monoisotopic (exact) mass is 349 g/mol. The van der Waals surface area contributed by atoms with Crippen LogP contribution < -0.4 is 10.1 Å². The summed E-state index contributed by atoms with van der Waals surface area (Å²) < 4.78 is 9.09. The van der Waals surface area contributed by atoms with Gasteiger partial charge in [0, 0.05) is 37.1 Å². The summed E-state index contributed by atoms with van der Waals surface area (Å²) in [4.78, 5) is 4.04. The molecule has 0 amide bonds. The highest BCUT2D eigenvalue weighted by molar-refractivity contribution is 9.10. The van der Waals surface area contributed by atoms with Gasteiger partial charge in [-0.05, 0) is 41.3 Å². The summed E-state index contributed by atoms with van der Waals surface area (Å²) >= 11 is 3.59. The summed E-state index contributed by atoms with van der Waals surface area (Å²) in [6.07, 6.45) is 9.18. The van der Waals surface area contributed by atoms with Gasteiger partial charge in [0.15, 0.2) is 0 Å². The van der Waals surface area contributed by atoms with Crippen LogP contribution in [0.2, 0.25) is 0 Å². The van der Waals surface area contributed by atoms with Crippen LogP contribution in [0.3, 0.4) is 0 Å².